The van der Waals surface area contributed by atoms with Crippen LogP contribution in [0.3, 0.4) is 0 Å². The topological polar surface area (TPSA) is 60.2 Å². The fourth-order valence-electron chi connectivity index (χ4n) is 2.35. The summed E-state index contributed by atoms with van der Waals surface area (Å²) in [6, 6.07) is 13.8. The molecule has 0 amide bonds. The molecule has 3 N–H and O–H groups in total. The Kier molecular flexibility index (Phi) is 3.60. The summed E-state index contributed by atoms with van der Waals surface area (Å²) in [7, 11) is 1.67. The van der Waals surface area contributed by atoms with Crippen molar-refractivity contribution < 1.29 is 4.74 Å². The molecule has 4 heteroatoms. The van der Waals surface area contributed by atoms with Crippen LogP contribution in [0.2, 0.25) is 0 Å². The lowest BCUT2D eigenvalue weighted by atomic mass is 10.1. The highest BCUT2D eigenvalue weighted by Crippen LogP contribution is 2.27. The van der Waals surface area contributed by atoms with E-state index in [1.807, 2.05) is 42.6 Å². The van der Waals surface area contributed by atoms with Gasteiger partial charge in [-0.1, -0.05) is 12.1 Å². The van der Waals surface area contributed by atoms with E-state index in [2.05, 4.69) is 16.4 Å². The molecule has 1 aromatic heterocycles. The third-order valence-electron chi connectivity index (χ3n) is 3.47. The van der Waals surface area contributed by atoms with Crippen molar-refractivity contribution in [3.05, 3.63) is 60.4 Å². The van der Waals surface area contributed by atoms with Gasteiger partial charge in [-0.25, -0.2) is 0 Å². The van der Waals surface area contributed by atoms with Crippen molar-refractivity contribution in [3.63, 3.8) is 0 Å². The molecule has 0 fully saturated rings. The van der Waals surface area contributed by atoms with E-state index in [9.17, 15) is 0 Å². The Bertz CT molecular complexity index is 771. The second-order valence-corrected chi connectivity index (χ2v) is 4.83. The summed E-state index contributed by atoms with van der Waals surface area (Å²) >= 11 is 0. The maximum absolute atomic E-state index is 6.00. The molecule has 0 radical (unpaired) electrons. The SMILES string of the molecule is COc1cccc(CNc2ccc(N)c3ccncc23)c1. The van der Waals surface area contributed by atoms with Crippen LogP contribution < -0.4 is 15.8 Å². The van der Waals surface area contributed by atoms with Crippen LogP contribution in [-0.4, -0.2) is 12.1 Å². The molecule has 0 atom stereocenters. The number of nitrogens with one attached hydrogen (secondary N) is 1. The summed E-state index contributed by atoms with van der Waals surface area (Å²) in [4.78, 5) is 4.18. The quantitative estimate of drug-likeness (QED) is 0.718. The zero-order valence-corrected chi connectivity index (χ0v) is 11.8. The number of benzene rings is 2. The largest absolute Gasteiger partial charge is 0.497 e. The Morgan fingerprint density at radius 1 is 1.14 bits per heavy atom. The molecule has 21 heavy (non-hydrogen) atoms. The summed E-state index contributed by atoms with van der Waals surface area (Å²) in [5, 5.41) is 5.47. The molecule has 0 aliphatic rings. The normalized spacial score (nSPS) is 10.5. The zero-order valence-electron chi connectivity index (χ0n) is 11.8. The Morgan fingerprint density at radius 3 is 2.90 bits per heavy atom. The maximum atomic E-state index is 6.00. The van der Waals surface area contributed by atoms with E-state index in [0.29, 0.717) is 6.54 Å². The molecule has 0 aliphatic carbocycles. The predicted octanol–water partition coefficient (Wildman–Crippen LogP) is 3.44. The molecule has 0 spiro atoms. The first-order valence-electron chi connectivity index (χ1n) is 6.77. The monoisotopic (exact) mass is 279 g/mol. The number of rotatable bonds is 4. The van der Waals surface area contributed by atoms with Gasteiger partial charge in [0.05, 0.1) is 7.11 Å². The first-order valence-corrected chi connectivity index (χ1v) is 6.77. The molecule has 3 aromatic rings. The van der Waals surface area contributed by atoms with Crippen molar-refractivity contribution in [1.29, 1.82) is 0 Å². The van der Waals surface area contributed by atoms with Crippen LogP contribution in [0.25, 0.3) is 10.8 Å². The lowest BCUT2D eigenvalue weighted by Crippen LogP contribution is -2.01. The second-order valence-electron chi connectivity index (χ2n) is 4.83. The Hall–Kier alpha value is -2.75. The van der Waals surface area contributed by atoms with E-state index >= 15 is 0 Å². The van der Waals surface area contributed by atoms with Crippen molar-refractivity contribution >= 4 is 22.1 Å². The van der Waals surface area contributed by atoms with Crippen LogP contribution in [-0.2, 0) is 6.54 Å². The van der Waals surface area contributed by atoms with Crippen molar-refractivity contribution in [1.82, 2.24) is 4.98 Å². The van der Waals surface area contributed by atoms with E-state index in [-0.39, 0.29) is 0 Å². The molecule has 1 heterocycles. The number of ether oxygens (including phenoxy) is 1. The first-order chi connectivity index (χ1) is 10.3. The van der Waals surface area contributed by atoms with Crippen LogP contribution in [0.15, 0.2) is 54.9 Å². The van der Waals surface area contributed by atoms with E-state index in [1.54, 1.807) is 13.3 Å². The Balaban J connectivity index is 1.87. The molecular formula is C17H17N3O. The van der Waals surface area contributed by atoms with Gasteiger partial charge in [0.2, 0.25) is 0 Å². The molecule has 2 aromatic carbocycles. The van der Waals surface area contributed by atoms with E-state index in [0.717, 1.165) is 33.5 Å². The fraction of sp³-hybridized carbons (Fsp3) is 0.118. The summed E-state index contributed by atoms with van der Waals surface area (Å²) in [5.74, 6) is 0.859. The second kappa shape index (κ2) is 5.71. The smallest absolute Gasteiger partial charge is 0.119 e. The number of nitrogens with two attached hydrogens (primary N) is 1. The highest BCUT2D eigenvalue weighted by atomic mass is 16.5. The minimum Gasteiger partial charge on any atom is -0.497 e. The third kappa shape index (κ3) is 2.74. The molecule has 0 aliphatic heterocycles. The Morgan fingerprint density at radius 2 is 2.05 bits per heavy atom. The van der Waals surface area contributed by atoms with Gasteiger partial charge in [0.25, 0.3) is 0 Å². The van der Waals surface area contributed by atoms with Crippen molar-refractivity contribution in [3.8, 4) is 5.75 Å². The van der Waals surface area contributed by atoms with E-state index in [1.165, 1.54) is 0 Å². The van der Waals surface area contributed by atoms with Gasteiger partial charge in [-0.05, 0) is 35.9 Å². The average molecular weight is 279 g/mol. The zero-order chi connectivity index (χ0) is 14.7. The van der Waals surface area contributed by atoms with Crippen LogP contribution >= 0.6 is 0 Å². The van der Waals surface area contributed by atoms with Crippen LogP contribution in [0.5, 0.6) is 5.75 Å². The molecule has 0 saturated heterocycles. The standard InChI is InChI=1S/C17H17N3O/c1-21-13-4-2-3-12(9-13)10-20-17-6-5-16(18)14-7-8-19-11-15(14)17/h2-9,11,20H,10,18H2,1H3. The minimum absolute atomic E-state index is 0.713. The lowest BCUT2D eigenvalue weighted by molar-refractivity contribution is 0.414. The number of anilines is 2. The number of nitrogens with zero attached hydrogens (tertiary/aromatic N) is 1. The summed E-state index contributed by atoms with van der Waals surface area (Å²) in [6.07, 6.45) is 3.59. The van der Waals surface area contributed by atoms with Crippen molar-refractivity contribution in [2.45, 2.75) is 6.54 Å². The minimum atomic E-state index is 0.713. The molecule has 0 bridgehead atoms. The maximum Gasteiger partial charge on any atom is 0.119 e. The van der Waals surface area contributed by atoms with E-state index in [4.69, 9.17) is 10.5 Å². The lowest BCUT2D eigenvalue weighted by Gasteiger charge is -2.11. The summed E-state index contributed by atoms with van der Waals surface area (Å²) in [5.41, 5.74) is 8.94. The van der Waals surface area contributed by atoms with Gasteiger partial charge in [0.1, 0.15) is 5.75 Å². The summed E-state index contributed by atoms with van der Waals surface area (Å²) < 4.78 is 5.24. The van der Waals surface area contributed by atoms with Crippen LogP contribution in [0, 0.1) is 0 Å². The van der Waals surface area contributed by atoms with Gasteiger partial charge in [-0.15, -0.1) is 0 Å². The molecule has 4 nitrogen and oxygen atoms in total. The highest BCUT2D eigenvalue weighted by Gasteiger charge is 2.04. The number of methoxy groups -OCH3 is 1. The van der Waals surface area contributed by atoms with Gasteiger partial charge >= 0.3 is 0 Å². The number of pyridine rings is 1. The van der Waals surface area contributed by atoms with Crippen molar-refractivity contribution in [2.75, 3.05) is 18.2 Å². The van der Waals surface area contributed by atoms with Gasteiger partial charge < -0.3 is 15.8 Å². The van der Waals surface area contributed by atoms with Gasteiger partial charge in [0.15, 0.2) is 0 Å². The summed E-state index contributed by atoms with van der Waals surface area (Å²) in [6.45, 7) is 0.713. The predicted molar refractivity (Wildman–Crippen MR) is 86.5 cm³/mol. The molecule has 3 rings (SSSR count). The number of aromatic nitrogens is 1. The van der Waals surface area contributed by atoms with Gasteiger partial charge in [0, 0.05) is 41.1 Å². The van der Waals surface area contributed by atoms with Gasteiger partial charge in [-0.2, -0.15) is 0 Å². The van der Waals surface area contributed by atoms with Crippen LogP contribution in [0.4, 0.5) is 11.4 Å². The highest BCUT2D eigenvalue weighted by molar-refractivity contribution is 6.00. The number of hydrogen-bond donors (Lipinski definition) is 2. The number of hydrogen-bond acceptors (Lipinski definition) is 4. The number of nitrogen functional groups attached to an aromatic ring is 1. The molecule has 0 unspecified atom stereocenters. The number of fused-ring (bicyclic) bond motifs is 1. The van der Waals surface area contributed by atoms with Crippen molar-refractivity contribution in [2.24, 2.45) is 0 Å². The average Bonchev–Trinajstić information content (AvgIpc) is 2.55. The fourth-order valence-corrected chi connectivity index (χ4v) is 2.35. The molecule has 106 valence electrons. The molecule has 0 saturated carbocycles. The van der Waals surface area contributed by atoms with Crippen LogP contribution in [0.1, 0.15) is 5.56 Å². The third-order valence-corrected chi connectivity index (χ3v) is 3.47. The van der Waals surface area contributed by atoms with Gasteiger partial charge in [-0.3, -0.25) is 4.98 Å². The first kappa shape index (κ1) is 13.2. The Labute approximate surface area is 123 Å². The molecular weight excluding hydrogens is 262 g/mol. The van der Waals surface area contributed by atoms with E-state index < -0.39 is 0 Å².